The van der Waals surface area contributed by atoms with E-state index in [1.807, 2.05) is 33.8 Å². The minimum Gasteiger partial charge on any atom is -0.481 e. The fraction of sp³-hybridized carbons (Fsp3) is 0.417. The van der Waals surface area contributed by atoms with Crippen molar-refractivity contribution >= 4 is 44.8 Å². The first kappa shape index (κ1) is 37.7. The van der Waals surface area contributed by atoms with E-state index in [2.05, 4.69) is 42.0 Å². The van der Waals surface area contributed by atoms with Crippen LogP contribution in [0.3, 0.4) is 0 Å². The summed E-state index contributed by atoms with van der Waals surface area (Å²) < 4.78 is 47.4. The molecular formula is C36H39BrCl2F2N8O3. The van der Waals surface area contributed by atoms with Crippen LogP contribution in [0.15, 0.2) is 59.5 Å². The lowest BCUT2D eigenvalue weighted by Crippen LogP contribution is -2.42. The predicted octanol–water partition coefficient (Wildman–Crippen LogP) is 9.76. The molecule has 2 aliphatic rings. The molecule has 3 atom stereocenters. The van der Waals surface area contributed by atoms with E-state index < -0.39 is 11.6 Å². The Kier molecular flexibility index (Phi) is 11.9. The van der Waals surface area contributed by atoms with Crippen LogP contribution in [-0.2, 0) is 6.42 Å². The lowest BCUT2D eigenvalue weighted by molar-refractivity contribution is 0.265. The standard InChI is InChI=1S/C25H29ClFN5O2.C11H10BrClFN3O/c1-15(2)32-25(34-21-9-18(26)8-19(27)10-21)29-23(30-32)12-22-16-4-5-17(22)14-31(13-16)20-6-7-28-24(11-20)33-3;1-6(2)17-11(15-10(12)16-17)18-9-4-7(13)3-8(14)5-9/h6-11,15-17,22H,4-5,12-14H2,1-3H3;3-6H,1-2H3/t16-,17+,22?;. The second-order valence-electron chi connectivity index (χ2n) is 13.4. The van der Waals surface area contributed by atoms with Crippen molar-refractivity contribution in [2.24, 2.45) is 17.8 Å². The Morgan fingerprint density at radius 1 is 0.808 bits per heavy atom. The molecule has 276 valence electrons. The molecule has 4 heterocycles. The van der Waals surface area contributed by atoms with Crippen molar-refractivity contribution in [2.45, 2.75) is 59.0 Å². The highest BCUT2D eigenvalue weighted by molar-refractivity contribution is 9.10. The first-order chi connectivity index (χ1) is 24.8. The summed E-state index contributed by atoms with van der Waals surface area (Å²) in [4.78, 5) is 15.5. The van der Waals surface area contributed by atoms with Gasteiger partial charge >= 0.3 is 12.0 Å². The van der Waals surface area contributed by atoms with E-state index in [-0.39, 0.29) is 33.9 Å². The maximum Gasteiger partial charge on any atom is 0.321 e. The first-order valence-electron chi connectivity index (χ1n) is 17.0. The lowest BCUT2D eigenvalue weighted by Gasteiger charge is -2.39. The van der Waals surface area contributed by atoms with Gasteiger partial charge in [-0.15, -0.1) is 5.10 Å². The van der Waals surface area contributed by atoms with Gasteiger partial charge in [-0.1, -0.05) is 23.2 Å². The molecule has 0 radical (unpaired) electrons. The third-order valence-electron chi connectivity index (χ3n) is 9.03. The fourth-order valence-corrected chi connectivity index (χ4v) is 7.46. The summed E-state index contributed by atoms with van der Waals surface area (Å²) in [5, 5.41) is 9.42. The van der Waals surface area contributed by atoms with E-state index in [0.717, 1.165) is 31.0 Å². The molecule has 0 amide bonds. The highest BCUT2D eigenvalue weighted by Gasteiger charge is 2.42. The van der Waals surface area contributed by atoms with E-state index in [9.17, 15) is 8.78 Å². The number of hydrogen-bond donors (Lipinski definition) is 0. The Bertz CT molecular complexity index is 1960. The van der Waals surface area contributed by atoms with Gasteiger partial charge in [0.2, 0.25) is 10.6 Å². The summed E-state index contributed by atoms with van der Waals surface area (Å²) in [7, 11) is 1.65. The second-order valence-corrected chi connectivity index (χ2v) is 15.0. The Hall–Kier alpha value is -4.01. The van der Waals surface area contributed by atoms with Gasteiger partial charge in [0.1, 0.15) is 23.1 Å². The van der Waals surface area contributed by atoms with Crippen molar-refractivity contribution < 1.29 is 23.0 Å². The molecule has 3 aromatic heterocycles. The maximum atomic E-state index is 13.8. The van der Waals surface area contributed by atoms with Gasteiger partial charge in [-0.05, 0) is 105 Å². The first-order valence-corrected chi connectivity index (χ1v) is 18.5. The summed E-state index contributed by atoms with van der Waals surface area (Å²) in [6.45, 7) is 9.93. The Morgan fingerprint density at radius 2 is 1.37 bits per heavy atom. The third kappa shape index (κ3) is 9.13. The molecule has 2 aromatic carbocycles. The maximum absolute atomic E-state index is 13.8. The highest BCUT2D eigenvalue weighted by atomic mass is 79.9. The summed E-state index contributed by atoms with van der Waals surface area (Å²) in [5.74, 6) is 2.77. The van der Waals surface area contributed by atoms with E-state index in [4.69, 9.17) is 47.5 Å². The van der Waals surface area contributed by atoms with Crippen LogP contribution in [0.2, 0.25) is 10.0 Å². The Balaban J connectivity index is 0.000000217. The number of benzene rings is 2. The van der Waals surface area contributed by atoms with Crippen molar-refractivity contribution in [3.63, 3.8) is 0 Å². The average molecular weight is 821 g/mol. The number of pyridine rings is 1. The third-order valence-corrected chi connectivity index (χ3v) is 9.80. The molecule has 16 heteroatoms. The van der Waals surface area contributed by atoms with Crippen molar-refractivity contribution in [1.82, 2.24) is 34.5 Å². The predicted molar refractivity (Wildman–Crippen MR) is 198 cm³/mol. The molecule has 0 spiro atoms. The van der Waals surface area contributed by atoms with Crippen molar-refractivity contribution in [3.8, 4) is 29.4 Å². The summed E-state index contributed by atoms with van der Waals surface area (Å²) in [6, 6.07) is 12.9. The zero-order valence-electron chi connectivity index (χ0n) is 29.3. The van der Waals surface area contributed by atoms with Crippen molar-refractivity contribution in [2.75, 3.05) is 25.1 Å². The van der Waals surface area contributed by atoms with E-state index in [1.54, 1.807) is 28.7 Å². The number of ether oxygens (including phenoxy) is 3. The molecule has 0 N–H and O–H groups in total. The number of piperidine rings is 1. The van der Waals surface area contributed by atoms with Crippen LogP contribution in [0, 0.1) is 29.4 Å². The molecule has 1 saturated heterocycles. The monoisotopic (exact) mass is 818 g/mol. The van der Waals surface area contributed by atoms with Crippen LogP contribution >= 0.6 is 39.1 Å². The van der Waals surface area contributed by atoms with Gasteiger partial charge in [0, 0.05) is 59.6 Å². The molecule has 11 nitrogen and oxygen atoms in total. The van der Waals surface area contributed by atoms with Gasteiger partial charge in [0.25, 0.3) is 0 Å². The largest absolute Gasteiger partial charge is 0.481 e. The smallest absolute Gasteiger partial charge is 0.321 e. The quantitative estimate of drug-likeness (QED) is 0.136. The number of rotatable bonds is 10. The van der Waals surface area contributed by atoms with E-state index >= 15 is 0 Å². The number of halogens is 5. The highest BCUT2D eigenvalue weighted by Crippen LogP contribution is 2.45. The molecule has 5 aromatic rings. The van der Waals surface area contributed by atoms with Gasteiger partial charge in [-0.3, -0.25) is 0 Å². The lowest BCUT2D eigenvalue weighted by atomic mass is 9.82. The number of nitrogens with zero attached hydrogens (tertiary/aromatic N) is 8. The molecule has 1 aliphatic heterocycles. The Labute approximate surface area is 319 Å². The molecule has 2 bridgehead atoms. The summed E-state index contributed by atoms with van der Waals surface area (Å²) >= 11 is 14.9. The molecule has 52 heavy (non-hydrogen) atoms. The normalized spacial score (nSPS) is 18.1. The zero-order chi connectivity index (χ0) is 37.1. The molecule has 1 aliphatic carbocycles. The van der Waals surface area contributed by atoms with Crippen LogP contribution in [0.1, 0.15) is 58.4 Å². The molecule has 1 unspecified atom stereocenters. The van der Waals surface area contributed by atoms with E-state index in [1.165, 1.54) is 43.2 Å². The fourth-order valence-electron chi connectivity index (χ4n) is 6.72. The summed E-state index contributed by atoms with van der Waals surface area (Å²) in [5.41, 5.74) is 1.16. The number of hydrogen-bond acceptors (Lipinski definition) is 9. The van der Waals surface area contributed by atoms with Crippen LogP contribution in [0.5, 0.6) is 29.4 Å². The summed E-state index contributed by atoms with van der Waals surface area (Å²) in [6.07, 6.45) is 5.04. The van der Waals surface area contributed by atoms with E-state index in [0.29, 0.717) is 40.1 Å². The van der Waals surface area contributed by atoms with Crippen LogP contribution in [0.4, 0.5) is 14.5 Å². The minimum atomic E-state index is -0.466. The van der Waals surface area contributed by atoms with Crippen molar-refractivity contribution in [3.05, 3.63) is 87.0 Å². The zero-order valence-corrected chi connectivity index (χ0v) is 32.4. The average Bonchev–Trinajstić information content (AvgIpc) is 3.71. The topological polar surface area (TPSA) is 105 Å². The number of anilines is 1. The van der Waals surface area contributed by atoms with Gasteiger partial charge in [-0.25, -0.2) is 23.1 Å². The SMILES string of the molecule is CC(C)n1nc(Br)nc1Oc1cc(F)cc(Cl)c1.COc1cc(N2C[C@H]3CC[C@@H](C2)C3Cc2nc(Oc3cc(F)cc(Cl)c3)n(C(C)C)n2)ccn1. The second kappa shape index (κ2) is 16.3. The van der Waals surface area contributed by atoms with Gasteiger partial charge in [0.15, 0.2) is 5.82 Å². The van der Waals surface area contributed by atoms with Crippen LogP contribution in [0.25, 0.3) is 0 Å². The van der Waals surface area contributed by atoms with Crippen LogP contribution < -0.4 is 19.1 Å². The van der Waals surface area contributed by atoms with Gasteiger partial charge in [-0.2, -0.15) is 15.1 Å². The van der Waals surface area contributed by atoms with Crippen LogP contribution in [-0.4, -0.2) is 54.7 Å². The number of aromatic nitrogens is 7. The molecule has 7 rings (SSSR count). The number of methoxy groups -OCH3 is 1. The van der Waals surface area contributed by atoms with Gasteiger partial charge < -0.3 is 19.1 Å². The molecular weight excluding hydrogens is 781 g/mol. The number of fused-ring (bicyclic) bond motifs is 2. The molecule has 2 fully saturated rings. The van der Waals surface area contributed by atoms with Crippen molar-refractivity contribution in [1.29, 1.82) is 0 Å². The van der Waals surface area contributed by atoms with Gasteiger partial charge in [0.05, 0.1) is 19.2 Å². The minimum absolute atomic E-state index is 0.0560. The molecule has 1 saturated carbocycles. The Morgan fingerprint density at radius 3 is 1.90 bits per heavy atom.